The van der Waals surface area contributed by atoms with Gasteiger partial charge in [-0.3, -0.25) is 19.3 Å². The van der Waals surface area contributed by atoms with Crippen molar-refractivity contribution in [2.45, 2.75) is 43.5 Å². The van der Waals surface area contributed by atoms with E-state index in [1.54, 1.807) is 0 Å². The number of nitrogens with zero attached hydrogens (tertiary/aromatic N) is 1. The first kappa shape index (κ1) is 25.1. The maximum Gasteiger partial charge on any atom is 0.247 e. The van der Waals surface area contributed by atoms with Crippen molar-refractivity contribution in [1.82, 2.24) is 4.90 Å². The number of carbonyl (C=O) groups is 3. The van der Waals surface area contributed by atoms with Crippen molar-refractivity contribution >= 4 is 46.6 Å². The number of alkyl halides is 2. The number of likely N-dealkylation sites (tertiary alicyclic amines) is 1. The molecule has 194 valence electrons. The Morgan fingerprint density at radius 3 is 1.55 bits per heavy atom. The van der Waals surface area contributed by atoms with Crippen LogP contribution in [0, 0.1) is 31.6 Å². The van der Waals surface area contributed by atoms with E-state index in [-0.39, 0.29) is 5.92 Å². The maximum atomic E-state index is 14.3. The minimum Gasteiger partial charge on any atom is -0.324 e. The van der Waals surface area contributed by atoms with Gasteiger partial charge in [-0.2, -0.15) is 0 Å². The molecule has 1 saturated heterocycles. The van der Waals surface area contributed by atoms with Crippen LogP contribution in [0.15, 0.2) is 66.7 Å². The lowest BCUT2D eigenvalue weighted by Gasteiger charge is -2.54. The van der Waals surface area contributed by atoms with Gasteiger partial charge in [-0.25, -0.2) is 0 Å². The van der Waals surface area contributed by atoms with Gasteiger partial charge in [-0.05, 0) is 65.3 Å². The van der Waals surface area contributed by atoms with E-state index in [4.69, 9.17) is 23.2 Å². The van der Waals surface area contributed by atoms with Crippen molar-refractivity contribution in [3.8, 4) is 0 Å². The molecule has 1 fully saturated rings. The van der Waals surface area contributed by atoms with Crippen molar-refractivity contribution < 1.29 is 14.4 Å². The predicted octanol–water partition coefficient (Wildman–Crippen LogP) is 5.86. The lowest BCUT2D eigenvalue weighted by atomic mass is 9.54. The highest BCUT2D eigenvalue weighted by Crippen LogP contribution is 2.69. The third-order valence-electron chi connectivity index (χ3n) is 8.29. The summed E-state index contributed by atoms with van der Waals surface area (Å²) >= 11 is 15.0. The first-order valence-electron chi connectivity index (χ1n) is 12.8. The van der Waals surface area contributed by atoms with Crippen molar-refractivity contribution in [1.29, 1.82) is 0 Å². The van der Waals surface area contributed by atoms with Crippen molar-refractivity contribution in [2.24, 2.45) is 17.8 Å². The third-order valence-corrected chi connectivity index (χ3v) is 9.57. The monoisotopic (exact) mass is 546 g/mol. The molecule has 3 aromatic rings. The average molecular weight is 547 g/mol. The summed E-state index contributed by atoms with van der Waals surface area (Å²) in [6.07, 6.45) is 0. The molecule has 3 amide bonds. The molecule has 1 aliphatic heterocycles. The molecule has 3 aliphatic carbocycles. The van der Waals surface area contributed by atoms with Crippen LogP contribution in [0.2, 0.25) is 0 Å². The molecule has 38 heavy (non-hydrogen) atoms. The SMILES string of the molecule is Cc1cc(C)cc(NC(=O)[C@H](C(C)C)N2C(=O)[C@H]3[C@H](C2=O)C2(Cl)c4ccccc4C3(Cl)c3ccccc32)c1. The van der Waals surface area contributed by atoms with Crippen LogP contribution < -0.4 is 5.32 Å². The lowest BCUT2D eigenvalue weighted by Crippen LogP contribution is -2.57. The summed E-state index contributed by atoms with van der Waals surface area (Å²) in [6, 6.07) is 19.8. The summed E-state index contributed by atoms with van der Waals surface area (Å²) in [5.74, 6) is -3.55. The topological polar surface area (TPSA) is 66.5 Å². The Balaban J connectivity index is 1.48. The van der Waals surface area contributed by atoms with Gasteiger partial charge in [0, 0.05) is 5.69 Å². The van der Waals surface area contributed by atoms with Crippen LogP contribution in [0.3, 0.4) is 0 Å². The Morgan fingerprint density at radius 2 is 1.18 bits per heavy atom. The van der Waals surface area contributed by atoms with E-state index in [0.717, 1.165) is 38.3 Å². The minimum absolute atomic E-state index is 0.339. The van der Waals surface area contributed by atoms with E-state index in [9.17, 15) is 14.4 Å². The summed E-state index contributed by atoms with van der Waals surface area (Å²) < 4.78 is 0. The smallest absolute Gasteiger partial charge is 0.247 e. The van der Waals surface area contributed by atoms with Gasteiger partial charge in [0.15, 0.2) is 0 Å². The molecule has 1 heterocycles. The highest BCUT2D eigenvalue weighted by atomic mass is 35.5. The number of rotatable bonds is 4. The Bertz CT molecular complexity index is 1390. The van der Waals surface area contributed by atoms with Crippen LogP contribution in [0.5, 0.6) is 0 Å². The fourth-order valence-electron chi connectivity index (χ4n) is 6.94. The number of hydrogen-bond donors (Lipinski definition) is 1. The summed E-state index contributed by atoms with van der Waals surface area (Å²) in [5.41, 5.74) is 5.57. The molecule has 2 bridgehead atoms. The molecule has 4 aliphatic rings. The van der Waals surface area contributed by atoms with Gasteiger partial charge in [-0.1, -0.05) is 68.4 Å². The Labute approximate surface area is 232 Å². The van der Waals surface area contributed by atoms with Crippen LogP contribution >= 0.6 is 23.2 Å². The number of anilines is 1. The van der Waals surface area contributed by atoms with Gasteiger partial charge in [0.2, 0.25) is 17.7 Å². The maximum absolute atomic E-state index is 14.3. The highest BCUT2D eigenvalue weighted by molar-refractivity contribution is 6.36. The molecule has 5 nitrogen and oxygen atoms in total. The molecular weight excluding hydrogens is 519 g/mol. The number of benzene rings is 3. The van der Waals surface area contributed by atoms with Gasteiger partial charge >= 0.3 is 0 Å². The van der Waals surface area contributed by atoms with Gasteiger partial charge < -0.3 is 5.32 Å². The second kappa shape index (κ2) is 8.42. The second-order valence-corrected chi connectivity index (χ2v) is 12.3. The standard InChI is InChI=1S/C31H28Cl2N2O3/c1-16(2)26(27(36)34-19-14-17(3)13-18(4)15-19)35-28(37)24-25(29(35)38)31(33)21-10-6-5-9-20(21)30(24,32)22-11-7-8-12-23(22)31/h5-16,24-26H,1-4H3,(H,34,36)/t24-,25-,26+,30?,31?/m1/s1. The van der Waals surface area contributed by atoms with Crippen molar-refractivity contribution in [3.05, 3.63) is 100 Å². The van der Waals surface area contributed by atoms with Gasteiger partial charge in [0.05, 0.1) is 11.8 Å². The number of halogens is 2. The molecule has 0 saturated carbocycles. The van der Waals surface area contributed by atoms with E-state index in [0.29, 0.717) is 5.69 Å². The van der Waals surface area contributed by atoms with Gasteiger partial charge in [0.25, 0.3) is 0 Å². The highest BCUT2D eigenvalue weighted by Gasteiger charge is 2.73. The number of aryl methyl sites for hydroxylation is 2. The first-order chi connectivity index (χ1) is 18.0. The zero-order valence-electron chi connectivity index (χ0n) is 21.6. The fraction of sp³-hybridized carbons (Fsp3) is 0.323. The Hall–Kier alpha value is -3.15. The summed E-state index contributed by atoms with van der Waals surface area (Å²) in [6.45, 7) is 7.57. The molecule has 7 heteroatoms. The lowest BCUT2D eigenvalue weighted by molar-refractivity contribution is -0.148. The molecule has 0 spiro atoms. The second-order valence-electron chi connectivity index (χ2n) is 11.1. The molecule has 3 aromatic carbocycles. The molecule has 0 aromatic heterocycles. The summed E-state index contributed by atoms with van der Waals surface area (Å²) in [4.78, 5) is 40.9. The number of amides is 3. The van der Waals surface area contributed by atoms with E-state index in [2.05, 4.69) is 5.32 Å². The van der Waals surface area contributed by atoms with Crippen molar-refractivity contribution in [3.63, 3.8) is 0 Å². The normalized spacial score (nSPS) is 27.7. The quantitative estimate of drug-likeness (QED) is 0.329. The zero-order valence-corrected chi connectivity index (χ0v) is 23.1. The molecular formula is C31H28Cl2N2O3. The Morgan fingerprint density at radius 1 is 0.789 bits per heavy atom. The molecule has 0 radical (unpaired) electrons. The fourth-order valence-corrected chi connectivity index (χ4v) is 8.04. The first-order valence-corrected chi connectivity index (χ1v) is 13.6. The van der Waals surface area contributed by atoms with Crippen LogP contribution in [0.4, 0.5) is 5.69 Å². The van der Waals surface area contributed by atoms with E-state index in [1.165, 1.54) is 0 Å². The third kappa shape index (κ3) is 3.15. The molecule has 7 rings (SSSR count). The van der Waals surface area contributed by atoms with Crippen LogP contribution in [0.25, 0.3) is 0 Å². The number of nitrogens with one attached hydrogen (secondary N) is 1. The largest absolute Gasteiger partial charge is 0.324 e. The minimum atomic E-state index is -1.28. The average Bonchev–Trinajstić information content (AvgIpc) is 3.13. The van der Waals surface area contributed by atoms with Gasteiger partial charge in [0.1, 0.15) is 15.8 Å². The molecule has 3 atom stereocenters. The van der Waals surface area contributed by atoms with Crippen molar-refractivity contribution in [2.75, 3.05) is 5.32 Å². The van der Waals surface area contributed by atoms with E-state index in [1.807, 2.05) is 94.4 Å². The van der Waals surface area contributed by atoms with Crippen LogP contribution in [0.1, 0.15) is 47.2 Å². The van der Waals surface area contributed by atoms with Crippen LogP contribution in [-0.2, 0) is 24.1 Å². The number of hydrogen-bond acceptors (Lipinski definition) is 3. The van der Waals surface area contributed by atoms with Crippen LogP contribution in [-0.4, -0.2) is 28.7 Å². The zero-order chi connectivity index (χ0) is 27.1. The predicted molar refractivity (Wildman–Crippen MR) is 148 cm³/mol. The summed E-state index contributed by atoms with van der Waals surface area (Å²) in [7, 11) is 0. The summed E-state index contributed by atoms with van der Waals surface area (Å²) in [5, 5.41) is 2.94. The Kier molecular flexibility index (Phi) is 5.57. The molecule has 0 unspecified atom stereocenters. The molecule has 1 N–H and O–H groups in total. The van der Waals surface area contributed by atoms with E-state index >= 15 is 0 Å². The van der Waals surface area contributed by atoms with Gasteiger partial charge in [-0.15, -0.1) is 23.2 Å². The number of imide groups is 1. The number of carbonyl (C=O) groups excluding carboxylic acids is 3. The van der Waals surface area contributed by atoms with E-state index < -0.39 is 45.3 Å².